The topological polar surface area (TPSA) is 70.9 Å². The lowest BCUT2D eigenvalue weighted by Gasteiger charge is -2.16. The fraction of sp³-hybridized carbons (Fsp3) is 0.308. The molecule has 0 fully saturated rings. The van der Waals surface area contributed by atoms with Gasteiger partial charge in [-0.3, -0.25) is 0 Å². The van der Waals surface area contributed by atoms with Crippen molar-refractivity contribution in [1.82, 2.24) is 15.0 Å². The third-order valence-corrected chi connectivity index (χ3v) is 2.55. The Kier molecular flexibility index (Phi) is 3.84. The van der Waals surface area contributed by atoms with Crippen molar-refractivity contribution in [2.24, 2.45) is 0 Å². The second-order valence-corrected chi connectivity index (χ2v) is 4.04. The van der Waals surface area contributed by atoms with Gasteiger partial charge in [0.15, 0.2) is 0 Å². The zero-order chi connectivity index (χ0) is 13.0. The first kappa shape index (κ1) is 12.4. The summed E-state index contributed by atoms with van der Waals surface area (Å²) in [7, 11) is 0. The number of aryl methyl sites for hydroxylation is 2. The summed E-state index contributed by atoms with van der Waals surface area (Å²) in [6, 6.07) is 9.50. The van der Waals surface area contributed by atoms with E-state index in [-0.39, 0.29) is 12.6 Å². The smallest absolute Gasteiger partial charge is 0.226 e. The zero-order valence-electron chi connectivity index (χ0n) is 10.5. The molecule has 0 saturated heterocycles. The molecular weight excluding hydrogens is 228 g/mol. The first-order valence-corrected chi connectivity index (χ1v) is 5.80. The zero-order valence-corrected chi connectivity index (χ0v) is 10.5. The highest BCUT2D eigenvalue weighted by molar-refractivity contribution is 5.32. The number of aromatic nitrogens is 3. The summed E-state index contributed by atoms with van der Waals surface area (Å²) in [6.07, 6.45) is 0. The lowest BCUT2D eigenvalue weighted by molar-refractivity contribution is 0.276. The van der Waals surface area contributed by atoms with E-state index in [9.17, 15) is 5.11 Å². The molecular formula is C13H16N4O. The molecule has 1 atom stereocenters. The summed E-state index contributed by atoms with van der Waals surface area (Å²) in [5.74, 6) is 1.81. The minimum atomic E-state index is -0.215. The predicted molar refractivity (Wildman–Crippen MR) is 69.2 cm³/mol. The molecule has 2 rings (SSSR count). The Morgan fingerprint density at radius 1 is 1.06 bits per heavy atom. The van der Waals surface area contributed by atoms with Gasteiger partial charge in [0.2, 0.25) is 5.95 Å². The number of anilines is 1. The first-order valence-electron chi connectivity index (χ1n) is 5.80. The molecule has 1 aromatic carbocycles. The second kappa shape index (κ2) is 5.55. The summed E-state index contributed by atoms with van der Waals surface area (Å²) >= 11 is 0. The molecule has 0 unspecified atom stereocenters. The first-order chi connectivity index (χ1) is 8.69. The van der Waals surface area contributed by atoms with Crippen molar-refractivity contribution in [3.63, 3.8) is 0 Å². The highest BCUT2D eigenvalue weighted by Gasteiger charge is 2.11. The third-order valence-electron chi connectivity index (χ3n) is 2.55. The summed E-state index contributed by atoms with van der Waals surface area (Å²) < 4.78 is 0. The van der Waals surface area contributed by atoms with E-state index >= 15 is 0 Å². The van der Waals surface area contributed by atoms with Gasteiger partial charge in [-0.1, -0.05) is 30.3 Å². The molecule has 0 aliphatic rings. The fourth-order valence-electron chi connectivity index (χ4n) is 1.76. The van der Waals surface area contributed by atoms with Crippen LogP contribution in [0.15, 0.2) is 30.3 Å². The van der Waals surface area contributed by atoms with Gasteiger partial charge in [0, 0.05) is 0 Å². The van der Waals surface area contributed by atoms with Crippen molar-refractivity contribution in [1.29, 1.82) is 0 Å². The maximum atomic E-state index is 9.45. The Morgan fingerprint density at radius 3 is 2.22 bits per heavy atom. The molecule has 0 radical (unpaired) electrons. The number of rotatable bonds is 4. The number of hydrogen-bond acceptors (Lipinski definition) is 5. The average molecular weight is 244 g/mol. The van der Waals surface area contributed by atoms with E-state index < -0.39 is 0 Å². The maximum absolute atomic E-state index is 9.45. The highest BCUT2D eigenvalue weighted by Crippen LogP contribution is 2.16. The monoisotopic (exact) mass is 244 g/mol. The van der Waals surface area contributed by atoms with E-state index in [1.54, 1.807) is 0 Å². The number of aliphatic hydroxyl groups is 1. The van der Waals surface area contributed by atoms with Gasteiger partial charge in [0.25, 0.3) is 0 Å². The van der Waals surface area contributed by atoms with Crippen LogP contribution in [-0.4, -0.2) is 26.7 Å². The van der Waals surface area contributed by atoms with Gasteiger partial charge in [-0.05, 0) is 19.4 Å². The fourth-order valence-corrected chi connectivity index (χ4v) is 1.76. The van der Waals surface area contributed by atoms with E-state index in [0.717, 1.165) is 5.56 Å². The summed E-state index contributed by atoms with van der Waals surface area (Å²) in [6.45, 7) is 3.61. The molecule has 1 aromatic heterocycles. The van der Waals surface area contributed by atoms with Gasteiger partial charge in [-0.25, -0.2) is 4.98 Å². The van der Waals surface area contributed by atoms with Crippen LogP contribution in [0.2, 0.25) is 0 Å². The van der Waals surface area contributed by atoms with E-state index in [2.05, 4.69) is 20.3 Å². The average Bonchev–Trinajstić information content (AvgIpc) is 2.36. The minimum Gasteiger partial charge on any atom is -0.394 e. The summed E-state index contributed by atoms with van der Waals surface area (Å²) in [5, 5.41) is 12.6. The van der Waals surface area contributed by atoms with Crippen LogP contribution < -0.4 is 5.32 Å². The Labute approximate surface area is 106 Å². The van der Waals surface area contributed by atoms with Crippen LogP contribution in [0, 0.1) is 13.8 Å². The molecule has 0 aliphatic carbocycles. The Bertz CT molecular complexity index is 495. The Balaban J connectivity index is 2.20. The minimum absolute atomic E-state index is 0.0200. The molecule has 2 aromatic rings. The van der Waals surface area contributed by atoms with Crippen LogP contribution in [0.1, 0.15) is 23.3 Å². The summed E-state index contributed by atoms with van der Waals surface area (Å²) in [5.41, 5.74) is 0.996. The molecule has 2 N–H and O–H groups in total. The van der Waals surface area contributed by atoms with Crippen molar-refractivity contribution in [2.75, 3.05) is 11.9 Å². The molecule has 5 heteroatoms. The standard InChI is InChI=1S/C13H16N4O/c1-9-14-10(2)16-13(15-9)17-12(8-18)11-6-4-3-5-7-11/h3-7,12,18H,8H2,1-2H3,(H,14,15,16,17)/t12-/m1/s1. The van der Waals surface area contributed by atoms with Crippen LogP contribution in [0.25, 0.3) is 0 Å². The van der Waals surface area contributed by atoms with Gasteiger partial charge >= 0.3 is 0 Å². The van der Waals surface area contributed by atoms with Crippen LogP contribution in [0.4, 0.5) is 5.95 Å². The largest absolute Gasteiger partial charge is 0.394 e. The van der Waals surface area contributed by atoms with Crippen LogP contribution in [-0.2, 0) is 0 Å². The highest BCUT2D eigenvalue weighted by atomic mass is 16.3. The van der Waals surface area contributed by atoms with Crippen molar-refractivity contribution in [3.05, 3.63) is 47.5 Å². The van der Waals surface area contributed by atoms with Crippen LogP contribution in [0.5, 0.6) is 0 Å². The lowest BCUT2D eigenvalue weighted by atomic mass is 10.1. The molecule has 94 valence electrons. The SMILES string of the molecule is Cc1nc(C)nc(N[C@H](CO)c2ccccc2)n1. The molecule has 0 aliphatic heterocycles. The number of benzene rings is 1. The molecule has 18 heavy (non-hydrogen) atoms. The number of aliphatic hydroxyl groups excluding tert-OH is 1. The van der Waals surface area contributed by atoms with E-state index in [1.807, 2.05) is 44.2 Å². The van der Waals surface area contributed by atoms with Crippen molar-refractivity contribution in [2.45, 2.75) is 19.9 Å². The third kappa shape index (κ3) is 3.01. The lowest BCUT2D eigenvalue weighted by Crippen LogP contribution is -2.17. The van der Waals surface area contributed by atoms with Crippen molar-refractivity contribution in [3.8, 4) is 0 Å². The van der Waals surface area contributed by atoms with E-state index in [1.165, 1.54) is 0 Å². The van der Waals surface area contributed by atoms with Gasteiger partial charge in [0.1, 0.15) is 11.6 Å². The summed E-state index contributed by atoms with van der Waals surface area (Å²) in [4.78, 5) is 12.5. The van der Waals surface area contributed by atoms with Gasteiger partial charge in [-0.15, -0.1) is 0 Å². The van der Waals surface area contributed by atoms with E-state index in [4.69, 9.17) is 0 Å². The van der Waals surface area contributed by atoms with Gasteiger partial charge in [-0.2, -0.15) is 9.97 Å². The Morgan fingerprint density at radius 2 is 1.67 bits per heavy atom. The molecule has 0 saturated carbocycles. The van der Waals surface area contributed by atoms with Crippen LogP contribution >= 0.6 is 0 Å². The van der Waals surface area contributed by atoms with Crippen LogP contribution in [0.3, 0.4) is 0 Å². The van der Waals surface area contributed by atoms with Crippen molar-refractivity contribution >= 4 is 5.95 Å². The quantitative estimate of drug-likeness (QED) is 0.855. The van der Waals surface area contributed by atoms with Crippen molar-refractivity contribution < 1.29 is 5.11 Å². The van der Waals surface area contributed by atoms with Gasteiger partial charge in [0.05, 0.1) is 12.6 Å². The van der Waals surface area contributed by atoms with Gasteiger partial charge < -0.3 is 10.4 Å². The Hall–Kier alpha value is -2.01. The second-order valence-electron chi connectivity index (χ2n) is 4.04. The molecule has 0 bridgehead atoms. The number of nitrogens with zero attached hydrogens (tertiary/aromatic N) is 3. The molecule has 0 spiro atoms. The molecule has 0 amide bonds. The maximum Gasteiger partial charge on any atom is 0.226 e. The number of hydrogen-bond donors (Lipinski definition) is 2. The molecule has 5 nitrogen and oxygen atoms in total. The predicted octanol–water partition coefficient (Wildman–Crippen LogP) is 1.63. The van der Waals surface area contributed by atoms with E-state index in [0.29, 0.717) is 17.6 Å². The molecule has 1 heterocycles. The normalized spacial score (nSPS) is 12.2. The number of nitrogens with one attached hydrogen (secondary N) is 1.